The van der Waals surface area contributed by atoms with Crippen LogP contribution < -0.4 is 0 Å². The zero-order valence-corrected chi connectivity index (χ0v) is 32.8. The highest BCUT2D eigenvalue weighted by molar-refractivity contribution is 6.77. The van der Waals surface area contributed by atoms with E-state index in [4.69, 9.17) is 27.6 Å². The minimum atomic E-state index is -1.92. The molecule has 2 aromatic rings. The van der Waals surface area contributed by atoms with E-state index in [2.05, 4.69) is 46.4 Å². The minimum Gasteiger partial charge on any atom is -0.413 e. The first kappa shape index (κ1) is 38.3. The number of carbonyl (C=O) groups is 2. The maximum Gasteiger partial charge on any atom is 0.253 e. The van der Waals surface area contributed by atoms with Crippen LogP contribution in [0, 0.1) is 5.92 Å². The summed E-state index contributed by atoms with van der Waals surface area (Å²) in [5.41, 5.74) is 4.95. The second-order valence-electron chi connectivity index (χ2n) is 15.4. The molecule has 2 amide bonds. The third-order valence-electron chi connectivity index (χ3n) is 11.6. The Labute approximate surface area is 304 Å². The summed E-state index contributed by atoms with van der Waals surface area (Å²) in [4.78, 5) is 32.8. The second kappa shape index (κ2) is 16.6. The van der Waals surface area contributed by atoms with Crippen LogP contribution in [0.25, 0.3) is 11.1 Å². The summed E-state index contributed by atoms with van der Waals surface area (Å²) < 4.78 is 19.8. The number of rotatable bonds is 12. The summed E-state index contributed by atoms with van der Waals surface area (Å²) in [6, 6.07) is 11.6. The number of carbonyl (C=O) groups excluding carboxylic acids is 2. The van der Waals surface area contributed by atoms with Crippen LogP contribution in [-0.2, 0) is 15.6 Å². The zero-order valence-electron chi connectivity index (χ0n) is 30.3. The molecule has 1 atom stereocenters. The first-order chi connectivity index (χ1) is 23.3. The highest BCUT2D eigenvalue weighted by Crippen LogP contribution is 2.45. The molecule has 2 aromatic carbocycles. The van der Waals surface area contributed by atoms with Crippen molar-refractivity contribution in [2.24, 2.45) is 5.92 Å². The van der Waals surface area contributed by atoms with Crippen molar-refractivity contribution in [3.8, 4) is 11.1 Å². The van der Waals surface area contributed by atoms with Crippen molar-refractivity contribution in [2.45, 2.75) is 109 Å². The van der Waals surface area contributed by atoms with E-state index < -0.39 is 8.32 Å². The first-order valence-electron chi connectivity index (χ1n) is 18.5. The molecule has 0 bridgehead atoms. The van der Waals surface area contributed by atoms with Gasteiger partial charge in [-0.3, -0.25) is 14.5 Å². The van der Waals surface area contributed by atoms with Crippen LogP contribution in [-0.4, -0.2) is 92.9 Å². The lowest BCUT2D eigenvalue weighted by Crippen LogP contribution is -2.51. The van der Waals surface area contributed by atoms with Gasteiger partial charge in [-0.25, -0.2) is 4.39 Å². The Balaban J connectivity index is 1.17. The number of piperazine rings is 1. The SMILES string of the molecule is CC(C)[Si](OC1CCC(N2CCC(Cc3c(Cl)cc(-c4ccc(C(=O)N5CCN(CCF)CC5)cc4)cc3Cl)C2=O)CC1)(C(C)C)C(C)C. The van der Waals surface area contributed by atoms with Crippen LogP contribution >= 0.6 is 23.2 Å². The lowest BCUT2D eigenvalue weighted by molar-refractivity contribution is -0.133. The van der Waals surface area contributed by atoms with Crippen molar-refractivity contribution in [2.75, 3.05) is 45.9 Å². The molecule has 5 rings (SSSR count). The molecule has 0 spiro atoms. The van der Waals surface area contributed by atoms with Crippen LogP contribution in [0.3, 0.4) is 0 Å². The normalized spacial score (nSPS) is 22.6. The molecule has 3 aliphatic rings. The van der Waals surface area contributed by atoms with Crippen molar-refractivity contribution in [1.82, 2.24) is 14.7 Å². The van der Waals surface area contributed by atoms with Gasteiger partial charge in [0.15, 0.2) is 0 Å². The van der Waals surface area contributed by atoms with Crippen molar-refractivity contribution in [3.05, 3.63) is 57.6 Å². The Bertz CT molecular complexity index is 1390. The van der Waals surface area contributed by atoms with Crippen LogP contribution in [0.2, 0.25) is 26.7 Å². The first-order valence-corrected chi connectivity index (χ1v) is 21.4. The molecule has 2 heterocycles. The molecule has 6 nitrogen and oxygen atoms in total. The molecule has 10 heteroatoms. The van der Waals surface area contributed by atoms with Crippen LogP contribution in [0.15, 0.2) is 36.4 Å². The molecule has 270 valence electrons. The zero-order chi connectivity index (χ0) is 35.5. The summed E-state index contributed by atoms with van der Waals surface area (Å²) in [7, 11) is -1.92. The smallest absolute Gasteiger partial charge is 0.253 e. The predicted octanol–water partition coefficient (Wildman–Crippen LogP) is 9.28. The Morgan fingerprint density at radius 3 is 1.94 bits per heavy atom. The molecule has 1 saturated carbocycles. The third-order valence-corrected chi connectivity index (χ3v) is 18.5. The monoisotopic (exact) mass is 731 g/mol. The van der Waals surface area contributed by atoms with Gasteiger partial charge < -0.3 is 14.2 Å². The summed E-state index contributed by atoms with van der Waals surface area (Å²) in [6.45, 7) is 17.5. The molecule has 49 heavy (non-hydrogen) atoms. The Kier molecular flexibility index (Phi) is 12.9. The Morgan fingerprint density at radius 1 is 0.837 bits per heavy atom. The van der Waals surface area contributed by atoms with E-state index in [1.807, 2.05) is 46.2 Å². The number of hydrogen-bond acceptors (Lipinski definition) is 4. The Hall–Kier alpha value is -1.97. The van der Waals surface area contributed by atoms with E-state index in [-0.39, 0.29) is 30.4 Å². The molecular weight excluding hydrogens is 676 g/mol. The van der Waals surface area contributed by atoms with Gasteiger partial charge in [-0.1, -0.05) is 76.9 Å². The topological polar surface area (TPSA) is 53.1 Å². The largest absolute Gasteiger partial charge is 0.413 e. The molecule has 0 aromatic heterocycles. The lowest BCUT2D eigenvalue weighted by Gasteiger charge is -2.46. The van der Waals surface area contributed by atoms with E-state index in [0.29, 0.717) is 77.5 Å². The number of nitrogens with zero attached hydrogens (tertiary/aromatic N) is 3. The predicted molar refractivity (Wildman–Crippen MR) is 202 cm³/mol. The van der Waals surface area contributed by atoms with Crippen molar-refractivity contribution >= 4 is 43.3 Å². The van der Waals surface area contributed by atoms with Gasteiger partial charge in [-0.15, -0.1) is 0 Å². The molecule has 0 radical (unpaired) electrons. The number of amides is 2. The van der Waals surface area contributed by atoms with Crippen LogP contribution in [0.1, 0.15) is 89.6 Å². The number of benzene rings is 2. The number of alkyl halides is 1. The van der Waals surface area contributed by atoms with Crippen LogP contribution in [0.5, 0.6) is 0 Å². The van der Waals surface area contributed by atoms with Crippen LogP contribution in [0.4, 0.5) is 4.39 Å². The van der Waals surface area contributed by atoms with Gasteiger partial charge in [0, 0.05) is 72.9 Å². The second-order valence-corrected chi connectivity index (χ2v) is 21.6. The molecule has 1 aliphatic carbocycles. The minimum absolute atomic E-state index is 0.0124. The fourth-order valence-corrected chi connectivity index (χ4v) is 15.3. The van der Waals surface area contributed by atoms with E-state index >= 15 is 0 Å². The highest BCUT2D eigenvalue weighted by Gasteiger charge is 2.47. The number of likely N-dealkylation sites (tertiary alicyclic amines) is 1. The number of halogens is 3. The van der Waals surface area contributed by atoms with Gasteiger partial charge in [-0.2, -0.15) is 0 Å². The highest BCUT2D eigenvalue weighted by atomic mass is 35.5. The molecule has 3 fully saturated rings. The van der Waals surface area contributed by atoms with Crippen molar-refractivity contribution in [1.29, 1.82) is 0 Å². The molecule has 2 aliphatic heterocycles. The summed E-state index contributed by atoms with van der Waals surface area (Å²) in [5.74, 6) is 0.0864. The van der Waals surface area contributed by atoms with Gasteiger partial charge >= 0.3 is 0 Å². The molecule has 0 N–H and O–H groups in total. The fraction of sp³-hybridized carbons (Fsp3) is 0.641. The number of hydrogen-bond donors (Lipinski definition) is 0. The average Bonchev–Trinajstić information content (AvgIpc) is 3.44. The summed E-state index contributed by atoms with van der Waals surface area (Å²) >= 11 is 13.7. The van der Waals surface area contributed by atoms with E-state index in [0.717, 1.165) is 55.3 Å². The summed E-state index contributed by atoms with van der Waals surface area (Å²) in [5, 5.41) is 1.12. The van der Waals surface area contributed by atoms with Crippen molar-refractivity contribution in [3.63, 3.8) is 0 Å². The third kappa shape index (κ3) is 8.41. The molecule has 2 saturated heterocycles. The molecule has 1 unspecified atom stereocenters. The van der Waals surface area contributed by atoms with E-state index in [9.17, 15) is 14.0 Å². The fourth-order valence-electron chi connectivity index (χ4n) is 8.98. The van der Waals surface area contributed by atoms with Gasteiger partial charge in [-0.05, 0) is 96.1 Å². The Morgan fingerprint density at radius 2 is 1.41 bits per heavy atom. The van der Waals surface area contributed by atoms with Gasteiger partial charge in [0.25, 0.3) is 5.91 Å². The standard InChI is InChI=1S/C39H56Cl2FN3O3Si/c1-26(2)49(27(3)4,28(5)6)48-34-13-11-33(12-14-34)45-17-15-31(39(45)47)23-35-36(40)24-32(25-37(35)41)29-7-9-30(10-8-29)38(46)44-21-19-43(18-16-42)20-22-44/h7-10,24-28,31,33-34H,11-23H2,1-6H3. The lowest BCUT2D eigenvalue weighted by atomic mass is 9.92. The van der Waals surface area contributed by atoms with Gasteiger partial charge in [0.2, 0.25) is 14.2 Å². The van der Waals surface area contributed by atoms with E-state index in [1.165, 1.54) is 0 Å². The maximum absolute atomic E-state index is 13.7. The van der Waals surface area contributed by atoms with E-state index in [1.54, 1.807) is 0 Å². The maximum atomic E-state index is 13.7. The van der Waals surface area contributed by atoms with Gasteiger partial charge in [0.1, 0.15) is 6.67 Å². The van der Waals surface area contributed by atoms with Gasteiger partial charge in [0.05, 0.1) is 0 Å². The van der Waals surface area contributed by atoms with Crippen molar-refractivity contribution < 1.29 is 18.4 Å². The summed E-state index contributed by atoms with van der Waals surface area (Å²) in [6.07, 6.45) is 5.68. The quantitative estimate of drug-likeness (QED) is 0.204. The average molecular weight is 733 g/mol. The molecular formula is C39H56Cl2FN3O3Si.